The Kier molecular flexibility index (Phi) is 5.32. The van der Waals surface area contributed by atoms with E-state index in [-0.39, 0.29) is 18.9 Å². The van der Waals surface area contributed by atoms with Crippen molar-refractivity contribution in [2.24, 2.45) is 17.8 Å². The molecule has 2 heterocycles. The largest absolute Gasteiger partial charge is 0.489 e. The summed E-state index contributed by atoms with van der Waals surface area (Å²) in [6.45, 7) is 0.457. The average molecular weight is 368 g/mol. The summed E-state index contributed by atoms with van der Waals surface area (Å²) in [5.74, 6) is 0.702. The fourth-order valence-electron chi connectivity index (χ4n) is 2.60. The SMILES string of the molecule is C[n+]1cccc(Cn2ncc(/N=C3\C=C(OCCO)C(=N)C=C3N)c2N)c1. The van der Waals surface area contributed by atoms with Crippen LogP contribution in [0, 0.1) is 5.41 Å². The standard InChI is InChI=1S/C18H22N7O2/c1-24-4-2-3-12(10-24)11-25-18(21)16(9-22-25)23-15-8-17(27-6-5-26)14(20)7-13(15)19/h2-4,7-10,20,26H,5-6,11,19,21H2,1H3/q+1/b20-14?,23-15+. The van der Waals surface area contributed by atoms with Crippen molar-refractivity contribution in [3.8, 4) is 0 Å². The number of anilines is 1. The molecule has 1 aliphatic carbocycles. The number of aryl methyl sites for hydroxylation is 1. The first-order valence-electron chi connectivity index (χ1n) is 8.34. The van der Waals surface area contributed by atoms with Gasteiger partial charge in [0, 0.05) is 17.7 Å². The first kappa shape index (κ1) is 18.3. The number of hydrogen-bond acceptors (Lipinski definition) is 7. The maximum absolute atomic E-state index is 8.89. The minimum atomic E-state index is -0.146. The van der Waals surface area contributed by atoms with E-state index in [9.17, 15) is 0 Å². The van der Waals surface area contributed by atoms with Gasteiger partial charge in [-0.3, -0.25) is 5.41 Å². The molecular formula is C18H22N7O2+. The number of aliphatic hydroxyl groups is 1. The Hall–Kier alpha value is -3.46. The monoisotopic (exact) mass is 368 g/mol. The molecule has 2 aromatic rings. The van der Waals surface area contributed by atoms with Gasteiger partial charge in [-0.2, -0.15) is 5.10 Å². The Morgan fingerprint density at radius 2 is 2.19 bits per heavy atom. The summed E-state index contributed by atoms with van der Waals surface area (Å²) in [4.78, 5) is 4.47. The average Bonchev–Trinajstić information content (AvgIpc) is 2.96. The van der Waals surface area contributed by atoms with Crippen molar-refractivity contribution < 1.29 is 14.4 Å². The number of nitrogens with one attached hydrogen (secondary N) is 1. The summed E-state index contributed by atoms with van der Waals surface area (Å²) >= 11 is 0. The number of nitrogens with zero attached hydrogens (tertiary/aromatic N) is 4. The molecule has 0 saturated carbocycles. The van der Waals surface area contributed by atoms with Gasteiger partial charge < -0.3 is 21.3 Å². The molecule has 0 aliphatic heterocycles. The van der Waals surface area contributed by atoms with Crippen LogP contribution < -0.4 is 16.0 Å². The highest BCUT2D eigenvalue weighted by Gasteiger charge is 2.17. The number of hydrogen-bond donors (Lipinski definition) is 4. The summed E-state index contributed by atoms with van der Waals surface area (Å²) < 4.78 is 8.95. The highest BCUT2D eigenvalue weighted by atomic mass is 16.5. The van der Waals surface area contributed by atoms with E-state index in [2.05, 4.69) is 10.1 Å². The summed E-state index contributed by atoms with van der Waals surface area (Å²) in [6.07, 6.45) is 8.53. The molecule has 0 unspecified atom stereocenters. The molecule has 27 heavy (non-hydrogen) atoms. The minimum absolute atomic E-state index is 0.0871. The number of aromatic nitrogens is 3. The molecule has 0 spiro atoms. The van der Waals surface area contributed by atoms with Gasteiger partial charge in [0.1, 0.15) is 30.9 Å². The molecule has 9 heteroatoms. The van der Waals surface area contributed by atoms with E-state index in [4.69, 9.17) is 26.7 Å². The lowest BCUT2D eigenvalue weighted by Gasteiger charge is -2.14. The smallest absolute Gasteiger partial charge is 0.173 e. The zero-order valence-electron chi connectivity index (χ0n) is 15.0. The zero-order valence-corrected chi connectivity index (χ0v) is 15.0. The van der Waals surface area contributed by atoms with E-state index in [0.29, 0.717) is 35.2 Å². The Morgan fingerprint density at radius 1 is 1.37 bits per heavy atom. The van der Waals surface area contributed by atoms with Crippen molar-refractivity contribution in [3.05, 3.63) is 59.9 Å². The quantitative estimate of drug-likeness (QED) is 0.425. The molecule has 0 atom stereocenters. The normalized spacial score (nSPS) is 15.6. The van der Waals surface area contributed by atoms with Gasteiger partial charge in [0.25, 0.3) is 0 Å². The second-order valence-electron chi connectivity index (χ2n) is 6.04. The number of nitrogens with two attached hydrogens (primary N) is 2. The van der Waals surface area contributed by atoms with Crippen LogP contribution in [-0.4, -0.2) is 39.5 Å². The molecule has 0 fully saturated rings. The molecule has 3 rings (SSSR count). The number of ether oxygens (including phenoxy) is 1. The van der Waals surface area contributed by atoms with Gasteiger partial charge in [-0.05, 0) is 12.1 Å². The van der Waals surface area contributed by atoms with Gasteiger partial charge >= 0.3 is 0 Å². The Bertz CT molecular complexity index is 956. The topological polar surface area (TPSA) is 139 Å². The molecule has 140 valence electrons. The van der Waals surface area contributed by atoms with E-state index < -0.39 is 0 Å². The van der Waals surface area contributed by atoms with Crippen LogP contribution in [0.3, 0.4) is 0 Å². The first-order valence-corrected chi connectivity index (χ1v) is 8.34. The molecule has 1 aliphatic rings. The summed E-state index contributed by atoms with van der Waals surface area (Å²) in [5.41, 5.74) is 14.6. The third-order valence-electron chi connectivity index (χ3n) is 3.91. The van der Waals surface area contributed by atoms with E-state index in [1.165, 1.54) is 6.08 Å². The van der Waals surface area contributed by atoms with Gasteiger partial charge in [-0.1, -0.05) is 0 Å². The van der Waals surface area contributed by atoms with Crippen LogP contribution >= 0.6 is 0 Å². The maximum Gasteiger partial charge on any atom is 0.173 e. The molecule has 0 saturated heterocycles. The second-order valence-corrected chi connectivity index (χ2v) is 6.04. The zero-order chi connectivity index (χ0) is 19.4. The molecule has 0 aromatic carbocycles. The van der Waals surface area contributed by atoms with Crippen molar-refractivity contribution in [2.75, 3.05) is 18.9 Å². The van der Waals surface area contributed by atoms with Crippen LogP contribution in [0.1, 0.15) is 5.56 Å². The highest BCUT2D eigenvalue weighted by Crippen LogP contribution is 2.24. The molecular weight excluding hydrogens is 346 g/mol. The number of aliphatic imine (C=N–C) groups is 1. The number of rotatable bonds is 6. The lowest BCUT2D eigenvalue weighted by atomic mass is 10.1. The van der Waals surface area contributed by atoms with E-state index in [1.54, 1.807) is 17.0 Å². The molecule has 9 nitrogen and oxygen atoms in total. The van der Waals surface area contributed by atoms with Crippen molar-refractivity contribution in [1.29, 1.82) is 5.41 Å². The predicted molar refractivity (Wildman–Crippen MR) is 102 cm³/mol. The van der Waals surface area contributed by atoms with Crippen LogP contribution in [0.15, 0.2) is 59.3 Å². The molecule has 2 aromatic heterocycles. The van der Waals surface area contributed by atoms with Crippen LogP contribution in [0.2, 0.25) is 0 Å². The van der Waals surface area contributed by atoms with Crippen molar-refractivity contribution in [1.82, 2.24) is 9.78 Å². The predicted octanol–water partition coefficient (Wildman–Crippen LogP) is 0.179. The Labute approximate surface area is 156 Å². The molecule has 0 bridgehead atoms. The van der Waals surface area contributed by atoms with Crippen molar-refractivity contribution in [3.63, 3.8) is 0 Å². The number of aliphatic hydroxyl groups excluding tert-OH is 1. The van der Waals surface area contributed by atoms with Gasteiger partial charge in [0.15, 0.2) is 12.4 Å². The Morgan fingerprint density at radius 3 is 2.93 bits per heavy atom. The molecule has 6 N–H and O–H groups in total. The molecule has 0 radical (unpaired) electrons. The third kappa shape index (κ3) is 4.21. The van der Waals surface area contributed by atoms with Gasteiger partial charge in [-0.15, -0.1) is 0 Å². The minimum Gasteiger partial charge on any atom is -0.489 e. The lowest BCUT2D eigenvalue weighted by molar-refractivity contribution is -0.671. The number of allylic oxidation sites excluding steroid dienone is 2. The summed E-state index contributed by atoms with van der Waals surface area (Å²) in [7, 11) is 1.95. The highest BCUT2D eigenvalue weighted by molar-refractivity contribution is 6.22. The molecule has 0 amide bonds. The summed E-state index contributed by atoms with van der Waals surface area (Å²) in [6, 6.07) is 3.95. The first-order chi connectivity index (χ1) is 13.0. The Balaban J connectivity index is 1.86. The van der Waals surface area contributed by atoms with E-state index >= 15 is 0 Å². The second kappa shape index (κ2) is 7.83. The lowest BCUT2D eigenvalue weighted by Crippen LogP contribution is -2.27. The fraction of sp³-hybridized carbons (Fsp3) is 0.222. The van der Waals surface area contributed by atoms with Crippen molar-refractivity contribution >= 4 is 22.9 Å². The number of pyridine rings is 1. The van der Waals surface area contributed by atoms with Crippen LogP contribution in [-0.2, 0) is 18.3 Å². The fourth-order valence-corrected chi connectivity index (χ4v) is 2.60. The van der Waals surface area contributed by atoms with Crippen LogP contribution in [0.4, 0.5) is 11.5 Å². The van der Waals surface area contributed by atoms with Crippen LogP contribution in [0.5, 0.6) is 0 Å². The van der Waals surface area contributed by atoms with E-state index in [0.717, 1.165) is 5.56 Å². The van der Waals surface area contributed by atoms with Crippen molar-refractivity contribution in [2.45, 2.75) is 6.54 Å². The number of nitrogen functional groups attached to an aromatic ring is 1. The maximum atomic E-state index is 8.89. The van der Waals surface area contributed by atoms with Gasteiger partial charge in [0.2, 0.25) is 0 Å². The summed E-state index contributed by atoms with van der Waals surface area (Å²) in [5, 5.41) is 21.1. The van der Waals surface area contributed by atoms with E-state index in [1.807, 2.05) is 36.1 Å². The van der Waals surface area contributed by atoms with Gasteiger partial charge in [0.05, 0.1) is 36.5 Å². The van der Waals surface area contributed by atoms with Crippen LogP contribution in [0.25, 0.3) is 0 Å². The van der Waals surface area contributed by atoms with Gasteiger partial charge in [-0.25, -0.2) is 14.2 Å². The third-order valence-corrected chi connectivity index (χ3v) is 3.91.